The minimum atomic E-state index is -1.10. The molecular weight excluding hydrogens is 324 g/mol. The van der Waals surface area contributed by atoms with Gasteiger partial charge in [0.25, 0.3) is 5.91 Å². The van der Waals surface area contributed by atoms with E-state index < -0.39 is 23.3 Å². The zero-order chi connectivity index (χ0) is 19.0. The van der Waals surface area contributed by atoms with E-state index in [1.54, 1.807) is 24.3 Å². The first-order valence-corrected chi connectivity index (χ1v) is 8.05. The molecule has 7 nitrogen and oxygen atoms in total. The van der Waals surface area contributed by atoms with Crippen molar-refractivity contribution in [3.05, 3.63) is 35.4 Å². The molecule has 0 aliphatic carbocycles. The molecule has 0 aromatic heterocycles. The molecule has 0 saturated carbocycles. The molecule has 0 radical (unpaired) electrons. The van der Waals surface area contributed by atoms with E-state index in [1.165, 1.54) is 7.11 Å². The Kier molecular flexibility index (Phi) is 7.57. The van der Waals surface area contributed by atoms with Crippen LogP contribution < -0.4 is 10.6 Å². The molecule has 0 fully saturated rings. The largest absolute Gasteiger partial charge is 0.480 e. The molecule has 7 heteroatoms. The number of carboxylic acid groups (broad SMARTS) is 1. The van der Waals surface area contributed by atoms with Gasteiger partial charge < -0.3 is 20.5 Å². The number of methoxy groups -OCH3 is 1. The van der Waals surface area contributed by atoms with Gasteiger partial charge in [-0.2, -0.15) is 0 Å². The SMILES string of the molecule is COCCC(NC(=O)c1ccc(CNC(=O)C(C)(C)C)cc1)C(=O)O. The van der Waals surface area contributed by atoms with Crippen LogP contribution in [0.2, 0.25) is 0 Å². The zero-order valence-corrected chi connectivity index (χ0v) is 15.1. The van der Waals surface area contributed by atoms with Crippen molar-refractivity contribution < 1.29 is 24.2 Å². The fraction of sp³-hybridized carbons (Fsp3) is 0.500. The average Bonchev–Trinajstić information content (AvgIpc) is 2.55. The van der Waals surface area contributed by atoms with Gasteiger partial charge in [0.1, 0.15) is 6.04 Å². The van der Waals surface area contributed by atoms with Crippen molar-refractivity contribution >= 4 is 17.8 Å². The number of aliphatic carboxylic acids is 1. The van der Waals surface area contributed by atoms with Crippen LogP contribution in [0.3, 0.4) is 0 Å². The van der Waals surface area contributed by atoms with Gasteiger partial charge >= 0.3 is 5.97 Å². The smallest absolute Gasteiger partial charge is 0.326 e. The van der Waals surface area contributed by atoms with E-state index in [-0.39, 0.29) is 18.9 Å². The summed E-state index contributed by atoms with van der Waals surface area (Å²) in [6.07, 6.45) is 0.189. The fourth-order valence-corrected chi connectivity index (χ4v) is 1.96. The maximum absolute atomic E-state index is 12.1. The number of benzene rings is 1. The van der Waals surface area contributed by atoms with E-state index in [9.17, 15) is 14.4 Å². The van der Waals surface area contributed by atoms with Crippen LogP contribution >= 0.6 is 0 Å². The van der Waals surface area contributed by atoms with E-state index in [0.29, 0.717) is 12.1 Å². The molecule has 0 saturated heterocycles. The molecule has 0 bridgehead atoms. The lowest BCUT2D eigenvalue weighted by atomic mass is 9.95. The zero-order valence-electron chi connectivity index (χ0n) is 15.1. The second kappa shape index (κ2) is 9.17. The van der Waals surface area contributed by atoms with Crippen molar-refractivity contribution in [2.75, 3.05) is 13.7 Å². The lowest BCUT2D eigenvalue weighted by Crippen LogP contribution is -2.41. The molecular formula is C18H26N2O5. The normalized spacial score (nSPS) is 12.3. The van der Waals surface area contributed by atoms with Gasteiger partial charge in [-0.05, 0) is 17.7 Å². The second-order valence-corrected chi connectivity index (χ2v) is 6.78. The maximum Gasteiger partial charge on any atom is 0.326 e. The highest BCUT2D eigenvalue weighted by molar-refractivity contribution is 5.96. The van der Waals surface area contributed by atoms with Crippen LogP contribution in [0.15, 0.2) is 24.3 Å². The van der Waals surface area contributed by atoms with Crippen molar-refractivity contribution in [2.24, 2.45) is 5.41 Å². The van der Waals surface area contributed by atoms with E-state index in [2.05, 4.69) is 10.6 Å². The number of carboxylic acids is 1. The lowest BCUT2D eigenvalue weighted by Gasteiger charge is -2.17. The van der Waals surface area contributed by atoms with Gasteiger partial charge in [0.2, 0.25) is 5.91 Å². The minimum absolute atomic E-state index is 0.0586. The predicted molar refractivity (Wildman–Crippen MR) is 93.1 cm³/mol. The highest BCUT2D eigenvalue weighted by atomic mass is 16.5. The number of nitrogens with one attached hydrogen (secondary N) is 2. The maximum atomic E-state index is 12.1. The highest BCUT2D eigenvalue weighted by Gasteiger charge is 2.21. The van der Waals surface area contributed by atoms with E-state index in [4.69, 9.17) is 9.84 Å². The fourth-order valence-electron chi connectivity index (χ4n) is 1.96. The lowest BCUT2D eigenvalue weighted by molar-refractivity contribution is -0.139. The molecule has 1 unspecified atom stereocenters. The van der Waals surface area contributed by atoms with Crippen molar-refractivity contribution in [1.82, 2.24) is 10.6 Å². The first-order chi connectivity index (χ1) is 11.6. The number of amides is 2. The summed E-state index contributed by atoms with van der Waals surface area (Å²) in [5, 5.41) is 14.4. The topological polar surface area (TPSA) is 105 Å². The third-order valence-electron chi connectivity index (χ3n) is 3.56. The Morgan fingerprint density at radius 1 is 1.16 bits per heavy atom. The molecule has 25 heavy (non-hydrogen) atoms. The van der Waals surface area contributed by atoms with Crippen molar-refractivity contribution in [1.29, 1.82) is 0 Å². The molecule has 2 amide bonds. The summed E-state index contributed by atoms with van der Waals surface area (Å²) < 4.78 is 4.85. The highest BCUT2D eigenvalue weighted by Crippen LogP contribution is 2.13. The number of rotatable bonds is 8. The molecule has 1 rings (SSSR count). The Morgan fingerprint density at radius 2 is 1.76 bits per heavy atom. The van der Waals surface area contributed by atoms with Gasteiger partial charge in [0, 0.05) is 37.7 Å². The van der Waals surface area contributed by atoms with Gasteiger partial charge in [-0.1, -0.05) is 32.9 Å². The van der Waals surface area contributed by atoms with Crippen LogP contribution in [0.5, 0.6) is 0 Å². The average molecular weight is 350 g/mol. The summed E-state index contributed by atoms with van der Waals surface area (Å²) in [6.45, 7) is 6.10. The van der Waals surface area contributed by atoms with Crippen LogP contribution in [0.1, 0.15) is 43.1 Å². The summed E-state index contributed by atoms with van der Waals surface area (Å²) in [5.41, 5.74) is 0.742. The van der Waals surface area contributed by atoms with Gasteiger partial charge in [-0.15, -0.1) is 0 Å². The molecule has 0 aliphatic heterocycles. The number of carbonyl (C=O) groups excluding carboxylic acids is 2. The monoisotopic (exact) mass is 350 g/mol. The molecule has 0 spiro atoms. The summed E-state index contributed by atoms with van der Waals surface area (Å²) in [7, 11) is 1.47. The Balaban J connectivity index is 2.64. The van der Waals surface area contributed by atoms with Crippen molar-refractivity contribution in [3.63, 3.8) is 0 Å². The van der Waals surface area contributed by atoms with Crippen LogP contribution in [0.25, 0.3) is 0 Å². The number of carbonyl (C=O) groups is 3. The first kappa shape index (κ1) is 20.6. The molecule has 138 valence electrons. The summed E-state index contributed by atoms with van der Waals surface area (Å²) in [4.78, 5) is 35.1. The van der Waals surface area contributed by atoms with Crippen LogP contribution in [-0.2, 0) is 20.9 Å². The van der Waals surface area contributed by atoms with Crippen LogP contribution in [0, 0.1) is 5.41 Å². The molecule has 1 aromatic carbocycles. The summed E-state index contributed by atoms with van der Waals surface area (Å²) in [6, 6.07) is 5.65. The van der Waals surface area contributed by atoms with Gasteiger partial charge in [0.15, 0.2) is 0 Å². The van der Waals surface area contributed by atoms with Gasteiger partial charge in [-0.25, -0.2) is 4.79 Å². The molecule has 3 N–H and O–H groups in total. The van der Waals surface area contributed by atoms with Crippen LogP contribution in [0.4, 0.5) is 0 Å². The Hall–Kier alpha value is -2.41. The summed E-state index contributed by atoms with van der Waals surface area (Å²) in [5.74, 6) is -1.63. The standard InChI is InChI=1S/C18H26N2O5/c1-18(2,3)17(24)19-11-12-5-7-13(8-6-12)15(21)20-14(16(22)23)9-10-25-4/h5-8,14H,9-11H2,1-4H3,(H,19,24)(H,20,21)(H,22,23). The van der Waals surface area contributed by atoms with Gasteiger partial charge in [0.05, 0.1) is 0 Å². The third kappa shape index (κ3) is 6.93. The minimum Gasteiger partial charge on any atom is -0.480 e. The molecule has 0 aliphatic rings. The molecule has 1 aromatic rings. The van der Waals surface area contributed by atoms with Gasteiger partial charge in [-0.3, -0.25) is 9.59 Å². The Labute approximate surface area is 147 Å². The van der Waals surface area contributed by atoms with E-state index in [0.717, 1.165) is 5.56 Å². The van der Waals surface area contributed by atoms with Crippen molar-refractivity contribution in [2.45, 2.75) is 39.8 Å². The molecule has 0 heterocycles. The summed E-state index contributed by atoms with van der Waals surface area (Å²) >= 11 is 0. The Morgan fingerprint density at radius 3 is 2.24 bits per heavy atom. The number of hydrogen-bond donors (Lipinski definition) is 3. The quantitative estimate of drug-likeness (QED) is 0.660. The second-order valence-electron chi connectivity index (χ2n) is 6.78. The Bertz CT molecular complexity index is 605. The molecule has 1 atom stereocenters. The van der Waals surface area contributed by atoms with Crippen molar-refractivity contribution in [3.8, 4) is 0 Å². The third-order valence-corrected chi connectivity index (χ3v) is 3.56. The van der Waals surface area contributed by atoms with E-state index in [1.807, 2.05) is 20.8 Å². The first-order valence-electron chi connectivity index (χ1n) is 8.05. The van der Waals surface area contributed by atoms with Crippen LogP contribution in [-0.4, -0.2) is 42.6 Å². The predicted octanol–water partition coefficient (Wildman–Crippen LogP) is 1.57. The number of hydrogen-bond acceptors (Lipinski definition) is 4. The number of ether oxygens (including phenoxy) is 1. The van der Waals surface area contributed by atoms with E-state index >= 15 is 0 Å².